The van der Waals surface area contributed by atoms with Crippen LogP contribution in [0.25, 0.3) is 0 Å². The Kier molecular flexibility index (Phi) is 4.42. The number of nitrogen functional groups attached to an aromatic ring is 1. The van der Waals surface area contributed by atoms with E-state index in [1.54, 1.807) is 10.9 Å². The number of carbonyl (C=O) groups is 1. The monoisotopic (exact) mass is 266 g/mol. The van der Waals surface area contributed by atoms with Crippen LogP contribution in [0.4, 0.5) is 5.69 Å². The first-order chi connectivity index (χ1) is 9.10. The molecule has 6 heteroatoms. The minimum atomic E-state index is -0.232. The minimum absolute atomic E-state index is 0.222. The second kappa shape index (κ2) is 6.06. The van der Waals surface area contributed by atoms with E-state index in [0.717, 1.165) is 25.7 Å². The van der Waals surface area contributed by atoms with Gasteiger partial charge in [-0.05, 0) is 32.1 Å². The number of aliphatic hydroxyl groups is 1. The summed E-state index contributed by atoms with van der Waals surface area (Å²) in [5.41, 5.74) is 6.46. The number of anilines is 1. The first kappa shape index (κ1) is 13.9. The second-order valence-corrected chi connectivity index (χ2v) is 5.19. The predicted molar refractivity (Wildman–Crippen MR) is 72.6 cm³/mol. The van der Waals surface area contributed by atoms with Gasteiger partial charge in [0.05, 0.1) is 11.8 Å². The third-order valence-electron chi connectivity index (χ3n) is 3.64. The molecule has 1 aliphatic carbocycles. The lowest BCUT2D eigenvalue weighted by Gasteiger charge is -2.25. The Morgan fingerprint density at radius 1 is 1.63 bits per heavy atom. The van der Waals surface area contributed by atoms with E-state index in [1.165, 1.54) is 0 Å². The van der Waals surface area contributed by atoms with E-state index in [2.05, 4.69) is 10.4 Å². The number of aromatic nitrogens is 2. The highest BCUT2D eigenvalue weighted by Gasteiger charge is 2.21. The van der Waals surface area contributed by atoms with Gasteiger partial charge in [0.15, 0.2) is 5.69 Å². The second-order valence-electron chi connectivity index (χ2n) is 5.19. The molecule has 106 valence electrons. The Balaban J connectivity index is 1.88. The number of carbonyl (C=O) groups excluding carboxylic acids is 1. The topological polar surface area (TPSA) is 93.2 Å². The molecule has 0 aliphatic heterocycles. The fourth-order valence-electron chi connectivity index (χ4n) is 2.54. The maximum Gasteiger partial charge on any atom is 0.273 e. The van der Waals surface area contributed by atoms with E-state index in [9.17, 15) is 9.90 Å². The lowest BCUT2D eigenvalue weighted by molar-refractivity contribution is 0.0870. The van der Waals surface area contributed by atoms with Crippen LogP contribution in [0.3, 0.4) is 0 Å². The van der Waals surface area contributed by atoms with Gasteiger partial charge in [0, 0.05) is 19.3 Å². The fraction of sp³-hybridized carbons (Fsp3) is 0.692. The summed E-state index contributed by atoms with van der Waals surface area (Å²) in [6.45, 7) is 3.21. The van der Waals surface area contributed by atoms with Gasteiger partial charge in [-0.25, -0.2) is 0 Å². The molecule has 2 rings (SSSR count). The number of amides is 1. The van der Waals surface area contributed by atoms with Gasteiger partial charge >= 0.3 is 0 Å². The van der Waals surface area contributed by atoms with Crippen molar-refractivity contribution < 1.29 is 9.90 Å². The van der Waals surface area contributed by atoms with E-state index >= 15 is 0 Å². The predicted octanol–water partition coefficient (Wildman–Crippen LogP) is 0.766. The Morgan fingerprint density at radius 2 is 2.42 bits per heavy atom. The average molecular weight is 266 g/mol. The van der Waals surface area contributed by atoms with Crippen LogP contribution in [-0.4, -0.2) is 33.4 Å². The van der Waals surface area contributed by atoms with Crippen molar-refractivity contribution in [2.75, 3.05) is 12.3 Å². The zero-order chi connectivity index (χ0) is 13.8. The molecule has 1 aromatic heterocycles. The molecule has 0 aromatic carbocycles. The average Bonchev–Trinajstić information content (AvgIpc) is 2.77. The summed E-state index contributed by atoms with van der Waals surface area (Å²) in [5, 5.41) is 16.6. The lowest BCUT2D eigenvalue weighted by atomic mass is 9.87. The van der Waals surface area contributed by atoms with Crippen LogP contribution >= 0.6 is 0 Å². The molecule has 0 saturated heterocycles. The van der Waals surface area contributed by atoms with Gasteiger partial charge in [0.1, 0.15) is 0 Å². The van der Waals surface area contributed by atoms with E-state index in [1.807, 2.05) is 6.92 Å². The minimum Gasteiger partial charge on any atom is -0.396 e. The third kappa shape index (κ3) is 3.47. The van der Waals surface area contributed by atoms with Crippen LogP contribution in [-0.2, 0) is 6.54 Å². The third-order valence-corrected chi connectivity index (χ3v) is 3.64. The van der Waals surface area contributed by atoms with Crippen LogP contribution in [0.15, 0.2) is 6.20 Å². The molecule has 1 heterocycles. The van der Waals surface area contributed by atoms with Crippen LogP contribution in [0, 0.1) is 5.92 Å². The summed E-state index contributed by atoms with van der Waals surface area (Å²) in [6.07, 6.45) is 5.15. The van der Waals surface area contributed by atoms with Crippen molar-refractivity contribution in [3.05, 3.63) is 11.9 Å². The molecule has 4 N–H and O–H groups in total. The number of rotatable bonds is 4. The fourth-order valence-corrected chi connectivity index (χ4v) is 2.54. The number of aryl methyl sites for hydroxylation is 1. The van der Waals surface area contributed by atoms with Gasteiger partial charge in [-0.2, -0.15) is 5.10 Å². The summed E-state index contributed by atoms with van der Waals surface area (Å²) in [7, 11) is 0. The maximum atomic E-state index is 12.0. The van der Waals surface area contributed by atoms with Gasteiger partial charge in [0.2, 0.25) is 0 Å². The lowest BCUT2D eigenvalue weighted by Crippen LogP contribution is -2.33. The van der Waals surface area contributed by atoms with Crippen molar-refractivity contribution in [2.24, 2.45) is 5.92 Å². The van der Waals surface area contributed by atoms with Gasteiger partial charge in [-0.3, -0.25) is 9.48 Å². The highest BCUT2D eigenvalue weighted by atomic mass is 16.3. The Labute approximate surface area is 113 Å². The summed E-state index contributed by atoms with van der Waals surface area (Å²) >= 11 is 0. The molecule has 2 unspecified atom stereocenters. The van der Waals surface area contributed by atoms with Gasteiger partial charge in [-0.1, -0.05) is 6.42 Å². The Morgan fingerprint density at radius 3 is 3.05 bits per heavy atom. The number of nitrogens with two attached hydrogens (primary N) is 1. The number of nitrogens with one attached hydrogen (secondary N) is 1. The van der Waals surface area contributed by atoms with E-state index in [4.69, 9.17) is 5.73 Å². The summed E-state index contributed by atoms with van der Waals surface area (Å²) < 4.78 is 1.65. The molecule has 0 bridgehead atoms. The van der Waals surface area contributed by atoms with E-state index in [-0.39, 0.29) is 12.0 Å². The van der Waals surface area contributed by atoms with Crippen LogP contribution in [0.1, 0.15) is 43.1 Å². The molecular formula is C13H22N4O2. The van der Waals surface area contributed by atoms with Crippen molar-refractivity contribution in [1.82, 2.24) is 15.1 Å². The van der Waals surface area contributed by atoms with Gasteiger partial charge in [0.25, 0.3) is 5.91 Å². The van der Waals surface area contributed by atoms with Crippen molar-refractivity contribution in [3.8, 4) is 0 Å². The smallest absolute Gasteiger partial charge is 0.273 e. The number of hydrogen-bond acceptors (Lipinski definition) is 4. The number of hydrogen-bond donors (Lipinski definition) is 3. The van der Waals surface area contributed by atoms with Crippen LogP contribution < -0.4 is 11.1 Å². The standard InChI is InChI=1S/C13H22N4O2/c1-2-17-8-11(14)12(16-17)13(19)15-7-9-4-3-5-10(18)6-9/h8-10,18H,2-7,14H2,1H3,(H,15,19). The van der Waals surface area contributed by atoms with E-state index < -0.39 is 0 Å². The molecule has 6 nitrogen and oxygen atoms in total. The van der Waals surface area contributed by atoms with Crippen molar-refractivity contribution >= 4 is 11.6 Å². The van der Waals surface area contributed by atoms with Crippen LogP contribution in [0.5, 0.6) is 0 Å². The summed E-state index contributed by atoms with van der Waals surface area (Å²) in [6, 6.07) is 0. The summed E-state index contributed by atoms with van der Waals surface area (Å²) in [4.78, 5) is 12.0. The highest BCUT2D eigenvalue weighted by molar-refractivity contribution is 5.96. The maximum absolute atomic E-state index is 12.0. The van der Waals surface area contributed by atoms with Gasteiger partial charge in [-0.15, -0.1) is 0 Å². The van der Waals surface area contributed by atoms with Crippen molar-refractivity contribution in [3.63, 3.8) is 0 Å². The summed E-state index contributed by atoms with van der Waals surface area (Å²) in [5.74, 6) is 0.118. The molecule has 1 aliphatic rings. The molecule has 1 aromatic rings. The molecule has 0 radical (unpaired) electrons. The largest absolute Gasteiger partial charge is 0.396 e. The van der Waals surface area contributed by atoms with Crippen LogP contribution in [0.2, 0.25) is 0 Å². The zero-order valence-corrected chi connectivity index (χ0v) is 11.3. The number of aliphatic hydroxyl groups excluding tert-OH is 1. The molecule has 1 saturated carbocycles. The molecule has 0 spiro atoms. The highest BCUT2D eigenvalue weighted by Crippen LogP contribution is 2.23. The SMILES string of the molecule is CCn1cc(N)c(C(=O)NCC2CCCC(O)C2)n1. The first-order valence-electron chi connectivity index (χ1n) is 6.89. The van der Waals surface area contributed by atoms with E-state index in [0.29, 0.717) is 30.4 Å². The first-order valence-corrected chi connectivity index (χ1v) is 6.89. The molecular weight excluding hydrogens is 244 g/mol. The molecule has 19 heavy (non-hydrogen) atoms. The van der Waals surface area contributed by atoms with Crippen molar-refractivity contribution in [1.29, 1.82) is 0 Å². The Bertz CT molecular complexity index is 444. The molecule has 1 amide bonds. The number of nitrogens with zero attached hydrogens (tertiary/aromatic N) is 2. The molecule has 1 fully saturated rings. The Hall–Kier alpha value is -1.56. The molecule has 2 atom stereocenters. The normalized spacial score (nSPS) is 23.3. The van der Waals surface area contributed by atoms with Gasteiger partial charge < -0.3 is 16.2 Å². The zero-order valence-electron chi connectivity index (χ0n) is 11.3. The van der Waals surface area contributed by atoms with Crippen molar-refractivity contribution in [2.45, 2.75) is 45.3 Å². The quantitative estimate of drug-likeness (QED) is 0.750.